The van der Waals surface area contributed by atoms with Crippen LogP contribution >= 0.6 is 0 Å². The molecule has 0 saturated heterocycles. The molecule has 2 rings (SSSR count). The fraction of sp³-hybridized carbons (Fsp3) is 0.364. The Morgan fingerprint density at radius 2 is 1.48 bits per heavy atom. The number of carbonyl (C=O) groups excluding carboxylic acids is 2. The molecule has 0 amide bonds. The summed E-state index contributed by atoms with van der Waals surface area (Å²) in [6, 6.07) is 14.4. The maximum Gasteiger partial charge on any atom is 0.170 e. The van der Waals surface area contributed by atoms with Crippen molar-refractivity contribution in [1.29, 1.82) is 0 Å². The van der Waals surface area contributed by atoms with Gasteiger partial charge in [0, 0.05) is 12.8 Å². The zero-order chi connectivity index (χ0) is 19.2. The van der Waals surface area contributed by atoms with E-state index in [1.165, 1.54) is 6.07 Å². The summed E-state index contributed by atoms with van der Waals surface area (Å²) in [5.41, 5.74) is 2.12. The van der Waals surface area contributed by atoms with E-state index >= 15 is 0 Å². The fourth-order valence-electron chi connectivity index (χ4n) is 2.16. The summed E-state index contributed by atoms with van der Waals surface area (Å²) in [4.78, 5) is 23.3. The first-order valence-electron chi connectivity index (χ1n) is 8.94. The summed E-state index contributed by atoms with van der Waals surface area (Å²) in [5, 5.41) is 9.87. The molecule has 0 saturated carbocycles. The monoisotopic (exact) mass is 342 g/mol. The average molecular weight is 342 g/mol. The Labute approximate surface area is 151 Å². The topological polar surface area (TPSA) is 54.4 Å². The molecule has 0 aliphatic carbocycles. The third-order valence-electron chi connectivity index (χ3n) is 3.33. The summed E-state index contributed by atoms with van der Waals surface area (Å²) < 4.78 is 0. The third kappa shape index (κ3) is 8.30. The molecule has 0 fully saturated rings. The summed E-state index contributed by atoms with van der Waals surface area (Å²) >= 11 is 0. The minimum Gasteiger partial charge on any atom is -0.507 e. The molecule has 3 nitrogen and oxygen atoms in total. The highest BCUT2D eigenvalue weighted by molar-refractivity contribution is 6.00. The van der Waals surface area contributed by atoms with Crippen molar-refractivity contribution in [2.24, 2.45) is 0 Å². The predicted molar refractivity (Wildman–Crippen MR) is 104 cm³/mol. The molecule has 2 aromatic rings. The first-order valence-corrected chi connectivity index (χ1v) is 8.94. The van der Waals surface area contributed by atoms with Crippen LogP contribution in [0.15, 0.2) is 48.5 Å². The second-order valence-corrected chi connectivity index (χ2v) is 5.14. The van der Waals surface area contributed by atoms with E-state index in [2.05, 4.69) is 0 Å². The Bertz CT molecular complexity index is 646. The van der Waals surface area contributed by atoms with E-state index in [-0.39, 0.29) is 23.7 Å². The number of carbonyl (C=O) groups is 2. The van der Waals surface area contributed by atoms with Crippen molar-refractivity contribution in [2.45, 2.75) is 53.9 Å². The Kier molecular flexibility index (Phi) is 11.7. The van der Waals surface area contributed by atoms with E-state index in [1.54, 1.807) is 19.1 Å². The van der Waals surface area contributed by atoms with Gasteiger partial charge in [-0.05, 0) is 36.6 Å². The van der Waals surface area contributed by atoms with Gasteiger partial charge in [0.05, 0.1) is 5.56 Å². The van der Waals surface area contributed by atoms with Gasteiger partial charge in [-0.25, -0.2) is 0 Å². The summed E-state index contributed by atoms with van der Waals surface area (Å²) in [6.07, 6.45) is 1.28. The van der Waals surface area contributed by atoms with Crippen LogP contribution in [-0.2, 0) is 17.6 Å². The molecule has 0 heterocycles. The number of benzene rings is 2. The zero-order valence-electron chi connectivity index (χ0n) is 16.0. The molecule has 0 aliphatic rings. The Hall–Kier alpha value is -2.42. The first kappa shape index (κ1) is 22.6. The second kappa shape index (κ2) is 12.9. The maximum absolute atomic E-state index is 12.3. The summed E-state index contributed by atoms with van der Waals surface area (Å²) in [7, 11) is 0. The zero-order valence-corrected chi connectivity index (χ0v) is 16.0. The molecule has 25 heavy (non-hydrogen) atoms. The molecule has 136 valence electrons. The highest BCUT2D eigenvalue weighted by Gasteiger charge is 2.13. The number of aromatic hydroxyl groups is 1. The average Bonchev–Trinajstić information content (AvgIpc) is 2.65. The van der Waals surface area contributed by atoms with Crippen LogP contribution in [0.4, 0.5) is 0 Å². The van der Waals surface area contributed by atoms with Gasteiger partial charge in [0.1, 0.15) is 11.5 Å². The number of Topliss-reactive ketones (excluding diaryl/α,β-unsaturated/α-hetero) is 2. The van der Waals surface area contributed by atoms with Crippen LogP contribution in [-0.4, -0.2) is 16.7 Å². The first-order chi connectivity index (χ1) is 12.1. The Morgan fingerprint density at radius 1 is 0.880 bits per heavy atom. The third-order valence-corrected chi connectivity index (χ3v) is 3.33. The van der Waals surface area contributed by atoms with Gasteiger partial charge in [-0.2, -0.15) is 0 Å². The van der Waals surface area contributed by atoms with Crippen LogP contribution in [0.25, 0.3) is 0 Å². The quantitative estimate of drug-likeness (QED) is 0.716. The van der Waals surface area contributed by atoms with Gasteiger partial charge in [0.15, 0.2) is 5.78 Å². The van der Waals surface area contributed by atoms with Crippen LogP contribution in [0, 0.1) is 0 Å². The minimum absolute atomic E-state index is 0.0116. The lowest BCUT2D eigenvalue weighted by Crippen LogP contribution is -2.05. The fourth-order valence-corrected chi connectivity index (χ4v) is 2.16. The molecule has 0 bridgehead atoms. The van der Waals surface area contributed by atoms with Gasteiger partial charge in [0.2, 0.25) is 0 Å². The van der Waals surface area contributed by atoms with Gasteiger partial charge in [0.25, 0.3) is 0 Å². The van der Waals surface area contributed by atoms with Crippen LogP contribution in [0.5, 0.6) is 5.75 Å². The molecule has 0 unspecified atom stereocenters. The SMILES string of the molecule is CC.CC.CC(=O)CCc1ccc(O)c(C(=O)Cc2ccccc2)c1. The van der Waals surface area contributed by atoms with Gasteiger partial charge in [-0.1, -0.05) is 64.1 Å². The van der Waals surface area contributed by atoms with Crippen molar-refractivity contribution in [1.82, 2.24) is 0 Å². The molecule has 1 N–H and O–H groups in total. The molecule has 0 aliphatic heterocycles. The summed E-state index contributed by atoms with van der Waals surface area (Å²) in [5.74, 6) is -0.0221. The van der Waals surface area contributed by atoms with Crippen molar-refractivity contribution in [3.8, 4) is 5.75 Å². The molecule has 0 atom stereocenters. The summed E-state index contributed by atoms with van der Waals surface area (Å²) in [6.45, 7) is 9.54. The van der Waals surface area contributed by atoms with E-state index in [0.717, 1.165) is 11.1 Å². The number of ketones is 2. The number of phenolic OH excluding ortho intramolecular Hbond substituents is 1. The lowest BCUT2D eigenvalue weighted by atomic mass is 9.98. The largest absolute Gasteiger partial charge is 0.507 e. The minimum atomic E-state index is -0.122. The van der Waals surface area contributed by atoms with Crippen molar-refractivity contribution >= 4 is 11.6 Å². The van der Waals surface area contributed by atoms with Crippen LogP contribution < -0.4 is 0 Å². The van der Waals surface area contributed by atoms with Crippen molar-refractivity contribution in [3.05, 3.63) is 65.2 Å². The van der Waals surface area contributed by atoms with Gasteiger partial charge < -0.3 is 9.90 Å². The van der Waals surface area contributed by atoms with Crippen LogP contribution in [0.3, 0.4) is 0 Å². The molecule has 0 aromatic heterocycles. The van der Waals surface area contributed by atoms with Crippen LogP contribution in [0.2, 0.25) is 0 Å². The highest BCUT2D eigenvalue weighted by Crippen LogP contribution is 2.21. The molecule has 3 heteroatoms. The number of hydrogen-bond acceptors (Lipinski definition) is 3. The van der Waals surface area contributed by atoms with E-state index in [0.29, 0.717) is 18.4 Å². The van der Waals surface area contributed by atoms with Gasteiger partial charge in [-0.15, -0.1) is 0 Å². The molecular formula is C22H30O3. The Balaban J connectivity index is 0.00000134. The molecule has 2 aromatic carbocycles. The van der Waals surface area contributed by atoms with E-state index in [9.17, 15) is 14.7 Å². The van der Waals surface area contributed by atoms with Gasteiger partial charge in [-0.3, -0.25) is 4.79 Å². The number of aryl methyl sites for hydroxylation is 1. The van der Waals surface area contributed by atoms with E-state index in [4.69, 9.17) is 0 Å². The molecule has 0 spiro atoms. The smallest absolute Gasteiger partial charge is 0.170 e. The lowest BCUT2D eigenvalue weighted by molar-refractivity contribution is -0.116. The van der Waals surface area contributed by atoms with Crippen LogP contribution in [0.1, 0.15) is 62.5 Å². The van der Waals surface area contributed by atoms with Crippen molar-refractivity contribution in [2.75, 3.05) is 0 Å². The van der Waals surface area contributed by atoms with E-state index in [1.807, 2.05) is 58.0 Å². The molecule has 0 radical (unpaired) electrons. The number of rotatable bonds is 6. The normalized spacial score (nSPS) is 9.16. The standard InChI is InChI=1S/C18H18O3.2C2H6/c1-13(19)7-8-15-9-10-17(20)16(11-15)18(21)12-14-5-3-2-4-6-14;2*1-2/h2-6,9-11,20H,7-8,12H2,1H3;2*1-2H3. The number of hydrogen-bond donors (Lipinski definition) is 1. The van der Waals surface area contributed by atoms with E-state index < -0.39 is 0 Å². The maximum atomic E-state index is 12.3. The predicted octanol–water partition coefficient (Wildman–Crippen LogP) is 5.39. The van der Waals surface area contributed by atoms with Gasteiger partial charge >= 0.3 is 0 Å². The number of phenols is 1. The van der Waals surface area contributed by atoms with Crippen molar-refractivity contribution in [3.63, 3.8) is 0 Å². The van der Waals surface area contributed by atoms with Crippen molar-refractivity contribution < 1.29 is 14.7 Å². The lowest BCUT2D eigenvalue weighted by Gasteiger charge is -2.07. The second-order valence-electron chi connectivity index (χ2n) is 5.14. The molecular weight excluding hydrogens is 312 g/mol. The Morgan fingerprint density at radius 3 is 2.04 bits per heavy atom. The highest BCUT2D eigenvalue weighted by atomic mass is 16.3.